The monoisotopic (exact) mass is 667 g/mol. The van der Waals surface area contributed by atoms with E-state index in [2.05, 4.69) is 45.7 Å². The molecule has 0 spiro atoms. The van der Waals surface area contributed by atoms with E-state index in [-0.39, 0.29) is 30.0 Å². The molecule has 256 valence electrons. The molecule has 2 saturated carbocycles. The molecule has 9 nitrogen and oxygen atoms in total. The maximum Gasteiger partial charge on any atom is 0.490 e. The van der Waals surface area contributed by atoms with Crippen molar-refractivity contribution >= 4 is 28.7 Å². The van der Waals surface area contributed by atoms with E-state index < -0.39 is 23.5 Å². The van der Waals surface area contributed by atoms with Crippen LogP contribution in [0.1, 0.15) is 78.3 Å². The fourth-order valence-corrected chi connectivity index (χ4v) is 9.40. The van der Waals surface area contributed by atoms with Gasteiger partial charge >= 0.3 is 18.1 Å². The molecule has 2 saturated heterocycles. The molecule has 4 fully saturated rings. The first kappa shape index (κ1) is 32.6. The molecule has 2 bridgehead atoms. The van der Waals surface area contributed by atoms with E-state index in [9.17, 15) is 27.9 Å². The highest BCUT2D eigenvalue weighted by Crippen LogP contribution is 2.67. The minimum absolute atomic E-state index is 0.0212. The number of hydrogen-bond donors (Lipinski definition) is 2. The number of aromatic carboxylic acids is 1. The number of benzene rings is 2. The van der Waals surface area contributed by atoms with E-state index in [0.717, 1.165) is 49.7 Å². The van der Waals surface area contributed by atoms with Crippen LogP contribution in [-0.4, -0.2) is 94.0 Å². The Hall–Kier alpha value is -3.90. The highest BCUT2D eigenvalue weighted by molar-refractivity contribution is 6.00. The second-order valence-corrected chi connectivity index (χ2v) is 14.1. The van der Waals surface area contributed by atoms with Gasteiger partial charge in [0, 0.05) is 61.2 Å². The summed E-state index contributed by atoms with van der Waals surface area (Å²) in [5, 5.41) is 18.2. The number of ether oxygens (including phenoxy) is 1. The Balaban J connectivity index is 0.000000473. The van der Waals surface area contributed by atoms with Crippen LogP contribution >= 0.6 is 0 Å². The number of fused-ring (bicyclic) bond motifs is 9. The van der Waals surface area contributed by atoms with Crippen LogP contribution in [0.15, 0.2) is 42.5 Å². The standard InChI is InChI=1S/C34H39N3O4.C2HF3O2/c1-35-17-22-13-14-23(18-35)37(22)33(40)34-19-36-27-16-21(32(38)39)12-15-26(27)28(20-8-4-3-5-9-20)30(36)25-11-7-6-10-24(25)29(34)31(34)41-2;3-2(4,5)1(6)7/h6-7,10-12,15-16,20,22-23,29,31H,3-5,8-9,13-14,17-19H2,1-2H3,(H,38,39);(H,6,7). The number of rotatable bonds is 4. The number of nitrogens with zero attached hydrogens (tertiary/aromatic N) is 3. The average Bonchev–Trinajstić information content (AvgIpc) is 3.53. The molecule has 12 heteroatoms. The third kappa shape index (κ3) is 5.10. The number of aliphatic carboxylic acids is 1. The number of carbonyl (C=O) groups is 3. The lowest BCUT2D eigenvalue weighted by molar-refractivity contribution is -0.192. The molecule has 5 aliphatic rings. The van der Waals surface area contributed by atoms with E-state index in [4.69, 9.17) is 14.6 Å². The Morgan fingerprint density at radius 2 is 1.58 bits per heavy atom. The predicted octanol–water partition coefficient (Wildman–Crippen LogP) is 6.10. The zero-order valence-corrected chi connectivity index (χ0v) is 27.0. The van der Waals surface area contributed by atoms with Crippen molar-refractivity contribution in [1.82, 2.24) is 14.4 Å². The number of carboxylic acids is 2. The molecule has 3 aliphatic heterocycles. The molecule has 8 rings (SSSR count). The van der Waals surface area contributed by atoms with Gasteiger partial charge in [0.2, 0.25) is 5.91 Å². The number of amides is 1. The third-order valence-electron chi connectivity index (χ3n) is 11.4. The van der Waals surface area contributed by atoms with Gasteiger partial charge in [-0.1, -0.05) is 49.6 Å². The van der Waals surface area contributed by atoms with Gasteiger partial charge in [-0.25, -0.2) is 9.59 Å². The molecular formula is C36H40F3N3O6. The fourth-order valence-electron chi connectivity index (χ4n) is 9.40. The van der Waals surface area contributed by atoms with Crippen LogP contribution in [0.2, 0.25) is 0 Å². The minimum atomic E-state index is -5.08. The number of halogens is 3. The molecule has 1 amide bonds. The first-order valence-corrected chi connectivity index (χ1v) is 16.7. The Morgan fingerprint density at radius 1 is 0.938 bits per heavy atom. The molecule has 1 aromatic heterocycles. The van der Waals surface area contributed by atoms with E-state index in [1.807, 2.05) is 12.1 Å². The lowest BCUT2D eigenvalue weighted by Crippen LogP contribution is -2.57. The lowest BCUT2D eigenvalue weighted by Gasteiger charge is -2.41. The smallest absolute Gasteiger partial charge is 0.478 e. The van der Waals surface area contributed by atoms with Crippen LogP contribution in [0.3, 0.4) is 0 Å². The summed E-state index contributed by atoms with van der Waals surface area (Å²) in [5.41, 5.74) is 5.45. The summed E-state index contributed by atoms with van der Waals surface area (Å²) in [6, 6.07) is 14.7. The quantitative estimate of drug-likeness (QED) is 0.346. The van der Waals surface area contributed by atoms with Gasteiger partial charge in [0.15, 0.2) is 0 Å². The van der Waals surface area contributed by atoms with Gasteiger partial charge in [-0.05, 0) is 61.9 Å². The van der Waals surface area contributed by atoms with E-state index in [1.54, 1.807) is 13.2 Å². The third-order valence-corrected chi connectivity index (χ3v) is 11.4. The first-order chi connectivity index (χ1) is 22.9. The second kappa shape index (κ2) is 11.9. The number of likely N-dealkylation sites (N-methyl/N-ethyl adjacent to an activating group) is 1. The number of aromatic nitrogens is 1. The molecule has 5 unspecified atom stereocenters. The average molecular weight is 668 g/mol. The Morgan fingerprint density at radius 3 is 2.19 bits per heavy atom. The predicted molar refractivity (Wildman–Crippen MR) is 171 cm³/mol. The first-order valence-electron chi connectivity index (χ1n) is 16.7. The van der Waals surface area contributed by atoms with Gasteiger partial charge in [-0.3, -0.25) is 4.79 Å². The van der Waals surface area contributed by atoms with Crippen molar-refractivity contribution in [3.8, 4) is 11.3 Å². The number of alkyl halides is 3. The molecule has 2 aromatic carbocycles. The van der Waals surface area contributed by atoms with E-state index >= 15 is 0 Å². The zero-order chi connectivity index (χ0) is 34.1. The van der Waals surface area contributed by atoms with Crippen LogP contribution < -0.4 is 0 Å². The van der Waals surface area contributed by atoms with Gasteiger partial charge in [0.25, 0.3) is 0 Å². The number of carbonyl (C=O) groups excluding carboxylic acids is 1. The van der Waals surface area contributed by atoms with Crippen molar-refractivity contribution in [1.29, 1.82) is 0 Å². The topological polar surface area (TPSA) is 112 Å². The lowest BCUT2D eigenvalue weighted by atomic mass is 9.81. The van der Waals surface area contributed by atoms with Gasteiger partial charge in [-0.15, -0.1) is 0 Å². The van der Waals surface area contributed by atoms with Crippen LogP contribution in [0.4, 0.5) is 13.2 Å². The summed E-state index contributed by atoms with van der Waals surface area (Å²) >= 11 is 0. The van der Waals surface area contributed by atoms with Crippen LogP contribution in [0.5, 0.6) is 0 Å². The van der Waals surface area contributed by atoms with E-state index in [0.29, 0.717) is 18.0 Å². The number of piperazine rings is 1. The summed E-state index contributed by atoms with van der Waals surface area (Å²) in [6.07, 6.45) is 2.82. The van der Waals surface area contributed by atoms with Crippen LogP contribution in [-0.2, 0) is 20.9 Å². The maximum atomic E-state index is 15.0. The number of hydrogen-bond acceptors (Lipinski definition) is 5. The fraction of sp³-hybridized carbons (Fsp3) is 0.528. The summed E-state index contributed by atoms with van der Waals surface area (Å²) in [5.74, 6) is -3.04. The number of carboxylic acid groups (broad SMARTS) is 2. The van der Waals surface area contributed by atoms with Crippen LogP contribution in [0, 0.1) is 5.41 Å². The SMILES string of the molecule is COC1C2c3ccccc3-c3c(C4CCCCC4)c4ccc(C(=O)O)cc4n3CC12C(=O)N1C2CCC1CN(C)C2.O=C(O)C(F)(F)F. The van der Waals surface area contributed by atoms with Gasteiger partial charge in [-0.2, -0.15) is 13.2 Å². The normalized spacial score (nSPS) is 28.1. The number of methoxy groups -OCH3 is 1. The highest BCUT2D eigenvalue weighted by atomic mass is 19.4. The van der Waals surface area contributed by atoms with Crippen molar-refractivity contribution in [3.63, 3.8) is 0 Å². The largest absolute Gasteiger partial charge is 0.490 e. The zero-order valence-electron chi connectivity index (χ0n) is 27.0. The molecule has 0 radical (unpaired) electrons. The molecule has 2 aliphatic carbocycles. The van der Waals surface area contributed by atoms with Crippen molar-refractivity contribution < 1.29 is 42.5 Å². The summed E-state index contributed by atoms with van der Waals surface area (Å²) in [7, 11) is 3.91. The minimum Gasteiger partial charge on any atom is -0.478 e. The van der Waals surface area contributed by atoms with Crippen molar-refractivity contribution in [2.24, 2.45) is 5.41 Å². The molecule has 2 N–H and O–H groups in total. The summed E-state index contributed by atoms with van der Waals surface area (Å²) in [6.45, 7) is 2.35. The number of likely N-dealkylation sites (tertiary alicyclic amines) is 1. The van der Waals surface area contributed by atoms with Gasteiger partial charge in [0.05, 0.1) is 17.4 Å². The molecular weight excluding hydrogens is 627 g/mol. The Kier molecular flexibility index (Phi) is 8.10. The summed E-state index contributed by atoms with van der Waals surface area (Å²) < 4.78 is 40.3. The molecule has 4 heterocycles. The maximum absolute atomic E-state index is 15.0. The summed E-state index contributed by atoms with van der Waals surface area (Å²) in [4.78, 5) is 40.6. The van der Waals surface area contributed by atoms with Crippen LogP contribution in [0.25, 0.3) is 22.2 Å². The Labute approximate surface area is 276 Å². The van der Waals surface area contributed by atoms with Crippen molar-refractivity contribution in [2.75, 3.05) is 27.2 Å². The molecule has 48 heavy (non-hydrogen) atoms. The highest BCUT2D eigenvalue weighted by Gasteiger charge is 2.74. The van der Waals surface area contributed by atoms with Gasteiger partial charge < -0.3 is 29.3 Å². The molecule has 5 atom stereocenters. The van der Waals surface area contributed by atoms with E-state index in [1.165, 1.54) is 41.6 Å². The van der Waals surface area contributed by atoms with Crippen molar-refractivity contribution in [3.05, 3.63) is 59.2 Å². The molecule has 3 aromatic rings. The second-order valence-electron chi connectivity index (χ2n) is 14.1. The van der Waals surface area contributed by atoms with Crippen molar-refractivity contribution in [2.45, 2.75) is 87.7 Å². The Bertz CT molecular complexity index is 1770. The van der Waals surface area contributed by atoms with Gasteiger partial charge in [0.1, 0.15) is 5.41 Å².